The predicted octanol–water partition coefficient (Wildman–Crippen LogP) is 5.00. The highest BCUT2D eigenvalue weighted by molar-refractivity contribution is 5.87. The van der Waals surface area contributed by atoms with Crippen LogP contribution in [-0.2, 0) is 12.8 Å². The van der Waals surface area contributed by atoms with E-state index in [9.17, 15) is 5.11 Å². The molecule has 0 aliphatic heterocycles. The highest BCUT2D eigenvalue weighted by atomic mass is 16.5. The van der Waals surface area contributed by atoms with Crippen molar-refractivity contribution in [3.8, 4) is 11.5 Å². The number of fused-ring (bicyclic) bond motifs is 1. The van der Waals surface area contributed by atoms with Crippen LogP contribution in [0, 0.1) is 6.92 Å². The largest absolute Gasteiger partial charge is 0.508 e. The second-order valence-electron chi connectivity index (χ2n) is 5.86. The third kappa shape index (κ3) is 2.91. The van der Waals surface area contributed by atoms with Crippen molar-refractivity contribution in [2.75, 3.05) is 7.11 Å². The summed E-state index contributed by atoms with van der Waals surface area (Å²) in [6.45, 7) is 4.19. The number of ether oxygens (including phenoxy) is 1. The first-order chi connectivity index (χ1) is 11.1. The van der Waals surface area contributed by atoms with Gasteiger partial charge in [0.15, 0.2) is 0 Å². The van der Waals surface area contributed by atoms with Crippen molar-refractivity contribution in [3.63, 3.8) is 0 Å². The number of methoxy groups -OCH3 is 1. The molecule has 0 saturated carbocycles. The molecule has 0 radical (unpaired) electrons. The van der Waals surface area contributed by atoms with Gasteiger partial charge in [0.25, 0.3) is 0 Å². The third-order valence-electron chi connectivity index (χ3n) is 4.30. The molecule has 0 bridgehead atoms. The summed E-state index contributed by atoms with van der Waals surface area (Å²) in [6, 6.07) is 11.6. The molecule has 0 atom stereocenters. The van der Waals surface area contributed by atoms with E-state index in [1.54, 1.807) is 13.2 Å². The van der Waals surface area contributed by atoms with Crippen LogP contribution in [0.15, 0.2) is 40.8 Å². The summed E-state index contributed by atoms with van der Waals surface area (Å²) in [5.74, 6) is 2.16. The fourth-order valence-corrected chi connectivity index (χ4v) is 3.06. The number of furan rings is 1. The molecule has 0 unspecified atom stereocenters. The minimum absolute atomic E-state index is 0.360. The number of phenolic OH excluding ortho intramolecular Hbond substituents is 1. The van der Waals surface area contributed by atoms with Crippen LogP contribution in [0.4, 0.5) is 0 Å². The quantitative estimate of drug-likeness (QED) is 0.721. The zero-order valence-electron chi connectivity index (χ0n) is 13.8. The topological polar surface area (TPSA) is 42.6 Å². The minimum Gasteiger partial charge on any atom is -0.508 e. The first kappa shape index (κ1) is 15.5. The summed E-state index contributed by atoms with van der Waals surface area (Å²) in [4.78, 5) is 0. The van der Waals surface area contributed by atoms with Crippen molar-refractivity contribution in [1.82, 2.24) is 0 Å². The lowest BCUT2D eigenvalue weighted by atomic mass is 9.99. The number of benzene rings is 2. The van der Waals surface area contributed by atoms with Crippen LogP contribution in [0.25, 0.3) is 11.0 Å². The molecule has 0 spiro atoms. The van der Waals surface area contributed by atoms with E-state index in [1.165, 1.54) is 5.56 Å². The van der Waals surface area contributed by atoms with Crippen molar-refractivity contribution in [3.05, 3.63) is 58.8 Å². The molecule has 1 aromatic heterocycles. The molecule has 3 heteroatoms. The molecule has 0 saturated heterocycles. The summed E-state index contributed by atoms with van der Waals surface area (Å²) >= 11 is 0. The van der Waals surface area contributed by atoms with Gasteiger partial charge in [-0.05, 0) is 48.7 Å². The monoisotopic (exact) mass is 310 g/mol. The second-order valence-corrected chi connectivity index (χ2v) is 5.86. The highest BCUT2D eigenvalue weighted by Crippen LogP contribution is 2.35. The van der Waals surface area contributed by atoms with Gasteiger partial charge in [0, 0.05) is 17.4 Å². The Morgan fingerprint density at radius 3 is 2.48 bits per heavy atom. The van der Waals surface area contributed by atoms with Crippen molar-refractivity contribution in [1.29, 1.82) is 0 Å². The predicted molar refractivity (Wildman–Crippen MR) is 92.4 cm³/mol. The number of hydrogen-bond donors (Lipinski definition) is 1. The van der Waals surface area contributed by atoms with Gasteiger partial charge in [-0.2, -0.15) is 0 Å². The van der Waals surface area contributed by atoms with Crippen LogP contribution in [0.1, 0.15) is 35.8 Å². The second kappa shape index (κ2) is 6.37. The number of phenols is 1. The lowest BCUT2D eigenvalue weighted by molar-refractivity contribution is 0.414. The minimum atomic E-state index is 0.360. The molecule has 0 aliphatic rings. The van der Waals surface area contributed by atoms with Crippen LogP contribution >= 0.6 is 0 Å². The fraction of sp³-hybridized carbons (Fsp3) is 0.300. The SMILES string of the molecule is CCCc1c(O)ccc2oc(Cc3ccc(OC)cc3)c(C)c12. The molecule has 2 aromatic carbocycles. The van der Waals surface area contributed by atoms with Crippen molar-refractivity contribution >= 4 is 11.0 Å². The molecule has 120 valence electrons. The number of rotatable bonds is 5. The van der Waals surface area contributed by atoms with Crippen LogP contribution in [-0.4, -0.2) is 12.2 Å². The summed E-state index contributed by atoms with van der Waals surface area (Å²) < 4.78 is 11.3. The molecule has 0 amide bonds. The Kier molecular flexibility index (Phi) is 4.28. The maximum atomic E-state index is 10.2. The standard InChI is InChI=1S/C20H22O3/c1-4-5-16-17(21)10-11-18-20(16)13(2)19(23-18)12-14-6-8-15(22-3)9-7-14/h6-11,21H,4-5,12H2,1-3H3. The normalized spacial score (nSPS) is 11.1. The van der Waals surface area contributed by atoms with Crippen LogP contribution < -0.4 is 4.74 Å². The van der Waals surface area contributed by atoms with Gasteiger partial charge in [-0.3, -0.25) is 0 Å². The summed E-state index contributed by atoms with van der Waals surface area (Å²) in [7, 11) is 1.67. The third-order valence-corrected chi connectivity index (χ3v) is 4.30. The molecule has 3 rings (SSSR count). The van der Waals surface area contributed by atoms with Crippen LogP contribution in [0.5, 0.6) is 11.5 Å². The average molecular weight is 310 g/mol. The fourth-order valence-electron chi connectivity index (χ4n) is 3.06. The zero-order valence-corrected chi connectivity index (χ0v) is 13.8. The molecule has 3 nitrogen and oxygen atoms in total. The Bertz CT molecular complexity index is 813. The lowest BCUT2D eigenvalue weighted by Crippen LogP contribution is -1.90. The van der Waals surface area contributed by atoms with E-state index in [1.807, 2.05) is 18.2 Å². The van der Waals surface area contributed by atoms with E-state index in [0.717, 1.165) is 52.9 Å². The Hall–Kier alpha value is -2.42. The summed E-state index contributed by atoms with van der Waals surface area (Å²) in [5, 5.41) is 11.2. The molecule has 3 aromatic rings. The van der Waals surface area contributed by atoms with Crippen molar-refractivity contribution in [2.45, 2.75) is 33.1 Å². The Morgan fingerprint density at radius 2 is 1.83 bits per heavy atom. The summed E-state index contributed by atoms with van der Waals surface area (Å²) in [6.07, 6.45) is 2.58. The molecular weight excluding hydrogens is 288 g/mol. The van der Waals surface area contributed by atoms with E-state index in [4.69, 9.17) is 9.15 Å². The van der Waals surface area contributed by atoms with Crippen LogP contribution in [0.3, 0.4) is 0 Å². The maximum Gasteiger partial charge on any atom is 0.135 e. The number of aromatic hydroxyl groups is 1. The summed E-state index contributed by atoms with van der Waals surface area (Å²) in [5.41, 5.74) is 4.14. The zero-order chi connectivity index (χ0) is 16.4. The molecular formula is C20H22O3. The van der Waals surface area contributed by atoms with E-state index in [-0.39, 0.29) is 0 Å². The maximum absolute atomic E-state index is 10.2. The Labute approximate surface area is 136 Å². The molecule has 23 heavy (non-hydrogen) atoms. The molecule has 0 fully saturated rings. The first-order valence-corrected chi connectivity index (χ1v) is 7.99. The van der Waals surface area contributed by atoms with Gasteiger partial charge in [-0.1, -0.05) is 25.5 Å². The lowest BCUT2D eigenvalue weighted by Gasteiger charge is -2.05. The van der Waals surface area contributed by atoms with E-state index >= 15 is 0 Å². The van der Waals surface area contributed by atoms with Gasteiger partial charge >= 0.3 is 0 Å². The van der Waals surface area contributed by atoms with Crippen molar-refractivity contribution in [2.24, 2.45) is 0 Å². The highest BCUT2D eigenvalue weighted by Gasteiger charge is 2.16. The van der Waals surface area contributed by atoms with Gasteiger partial charge in [0.05, 0.1) is 7.11 Å². The van der Waals surface area contributed by atoms with Crippen molar-refractivity contribution < 1.29 is 14.3 Å². The first-order valence-electron chi connectivity index (χ1n) is 7.99. The van der Waals surface area contributed by atoms with Gasteiger partial charge < -0.3 is 14.3 Å². The average Bonchev–Trinajstić information content (AvgIpc) is 2.87. The molecule has 1 heterocycles. The smallest absolute Gasteiger partial charge is 0.135 e. The van der Waals surface area contributed by atoms with Gasteiger partial charge in [-0.25, -0.2) is 0 Å². The molecule has 1 N–H and O–H groups in total. The Morgan fingerprint density at radius 1 is 1.09 bits per heavy atom. The number of hydrogen-bond acceptors (Lipinski definition) is 3. The van der Waals surface area contributed by atoms with Gasteiger partial charge in [-0.15, -0.1) is 0 Å². The van der Waals surface area contributed by atoms with E-state index < -0.39 is 0 Å². The Balaban J connectivity index is 2.01. The van der Waals surface area contributed by atoms with E-state index in [0.29, 0.717) is 5.75 Å². The van der Waals surface area contributed by atoms with Crippen LogP contribution in [0.2, 0.25) is 0 Å². The van der Waals surface area contributed by atoms with Gasteiger partial charge in [0.1, 0.15) is 22.8 Å². The molecule has 0 aliphatic carbocycles. The van der Waals surface area contributed by atoms with Gasteiger partial charge in [0.2, 0.25) is 0 Å². The number of aryl methyl sites for hydroxylation is 2. The van der Waals surface area contributed by atoms with E-state index in [2.05, 4.69) is 26.0 Å².